The van der Waals surface area contributed by atoms with Crippen molar-refractivity contribution in [1.82, 2.24) is 4.98 Å². The number of rotatable bonds is 2. The van der Waals surface area contributed by atoms with Gasteiger partial charge in [-0.15, -0.1) is 0 Å². The van der Waals surface area contributed by atoms with E-state index in [1.165, 1.54) is 13.2 Å². The van der Waals surface area contributed by atoms with Crippen molar-refractivity contribution < 1.29 is 9.66 Å². The lowest BCUT2D eigenvalue weighted by Gasteiger charge is -2.07. The standard InChI is InChI=1S/C14H9ClN2O3/c1-20-13-6-9-11(7-12(13)17(18)19)16-10-5-3-2-4-8(10)14(9)15/h2-7H,1H3. The summed E-state index contributed by atoms with van der Waals surface area (Å²) in [7, 11) is 1.39. The number of benzene rings is 2. The second kappa shape index (κ2) is 4.61. The lowest BCUT2D eigenvalue weighted by molar-refractivity contribution is -0.385. The van der Waals surface area contributed by atoms with Crippen molar-refractivity contribution in [3.8, 4) is 5.75 Å². The predicted molar refractivity (Wildman–Crippen MR) is 77.5 cm³/mol. The lowest BCUT2D eigenvalue weighted by atomic mass is 10.1. The van der Waals surface area contributed by atoms with Gasteiger partial charge in [-0.3, -0.25) is 10.1 Å². The summed E-state index contributed by atoms with van der Waals surface area (Å²) in [6.07, 6.45) is 0. The van der Waals surface area contributed by atoms with Crippen molar-refractivity contribution in [3.05, 3.63) is 51.5 Å². The van der Waals surface area contributed by atoms with Gasteiger partial charge in [-0.05, 0) is 12.1 Å². The first-order chi connectivity index (χ1) is 9.61. The summed E-state index contributed by atoms with van der Waals surface area (Å²) in [4.78, 5) is 15.0. The SMILES string of the molecule is COc1cc2c(Cl)c3ccccc3nc2cc1[N+](=O)[O-]. The van der Waals surface area contributed by atoms with Crippen LogP contribution in [0.1, 0.15) is 0 Å². The normalized spacial score (nSPS) is 10.9. The molecule has 20 heavy (non-hydrogen) atoms. The Morgan fingerprint density at radius 3 is 2.65 bits per heavy atom. The number of nitro groups is 1. The second-order valence-electron chi connectivity index (χ2n) is 4.24. The molecule has 0 unspecified atom stereocenters. The first-order valence-corrected chi connectivity index (χ1v) is 6.20. The number of nitrogens with zero attached hydrogens (tertiary/aromatic N) is 2. The number of halogens is 1. The number of hydrogen-bond acceptors (Lipinski definition) is 4. The number of nitro benzene ring substituents is 1. The highest BCUT2D eigenvalue weighted by Crippen LogP contribution is 2.37. The molecule has 0 fully saturated rings. The first kappa shape index (κ1) is 12.6. The zero-order valence-electron chi connectivity index (χ0n) is 10.5. The van der Waals surface area contributed by atoms with Crippen LogP contribution in [0.2, 0.25) is 5.02 Å². The van der Waals surface area contributed by atoms with Gasteiger partial charge in [0.1, 0.15) is 0 Å². The number of fused-ring (bicyclic) bond motifs is 2. The summed E-state index contributed by atoms with van der Waals surface area (Å²) in [6.45, 7) is 0. The molecule has 2 aromatic carbocycles. The molecule has 0 N–H and O–H groups in total. The number of ether oxygens (including phenoxy) is 1. The highest BCUT2D eigenvalue weighted by molar-refractivity contribution is 6.40. The van der Waals surface area contributed by atoms with Crippen molar-refractivity contribution in [2.75, 3.05) is 7.11 Å². The molecule has 0 saturated heterocycles. The van der Waals surface area contributed by atoms with Crippen molar-refractivity contribution in [2.24, 2.45) is 0 Å². The third-order valence-corrected chi connectivity index (χ3v) is 3.52. The van der Waals surface area contributed by atoms with Gasteiger partial charge in [0.05, 0.1) is 28.1 Å². The third-order valence-electron chi connectivity index (χ3n) is 3.11. The average Bonchev–Trinajstić information content (AvgIpc) is 2.46. The van der Waals surface area contributed by atoms with E-state index in [9.17, 15) is 10.1 Å². The van der Waals surface area contributed by atoms with Crippen LogP contribution in [0, 0.1) is 10.1 Å². The Hall–Kier alpha value is -2.40. The van der Waals surface area contributed by atoms with E-state index in [1.807, 2.05) is 24.3 Å². The number of pyridine rings is 1. The molecule has 0 saturated carbocycles. The van der Waals surface area contributed by atoms with Crippen molar-refractivity contribution >= 4 is 39.1 Å². The lowest BCUT2D eigenvalue weighted by Crippen LogP contribution is -1.95. The molecule has 0 aliphatic rings. The Morgan fingerprint density at radius 1 is 1.20 bits per heavy atom. The molecule has 0 amide bonds. The molecule has 3 aromatic rings. The van der Waals surface area contributed by atoms with Crippen LogP contribution in [0.3, 0.4) is 0 Å². The highest BCUT2D eigenvalue weighted by Gasteiger charge is 2.18. The monoisotopic (exact) mass is 288 g/mol. The fourth-order valence-corrected chi connectivity index (χ4v) is 2.47. The van der Waals surface area contributed by atoms with Crippen LogP contribution in [0.25, 0.3) is 21.8 Å². The van der Waals surface area contributed by atoms with Crippen molar-refractivity contribution in [1.29, 1.82) is 0 Å². The van der Waals surface area contributed by atoms with Crippen LogP contribution in [0.4, 0.5) is 5.69 Å². The molecule has 0 atom stereocenters. The summed E-state index contributed by atoms with van der Waals surface area (Å²) < 4.78 is 5.05. The van der Waals surface area contributed by atoms with E-state index in [-0.39, 0.29) is 11.4 Å². The average molecular weight is 289 g/mol. The largest absolute Gasteiger partial charge is 0.490 e. The van der Waals surface area contributed by atoms with E-state index in [4.69, 9.17) is 16.3 Å². The van der Waals surface area contributed by atoms with Crippen LogP contribution in [0.5, 0.6) is 5.75 Å². The van der Waals surface area contributed by atoms with Gasteiger partial charge < -0.3 is 4.74 Å². The number of methoxy groups -OCH3 is 1. The summed E-state index contributed by atoms with van der Waals surface area (Å²) in [5, 5.41) is 13.0. The number of para-hydroxylation sites is 1. The van der Waals surface area contributed by atoms with Gasteiger partial charge in [-0.1, -0.05) is 29.8 Å². The highest BCUT2D eigenvalue weighted by atomic mass is 35.5. The van der Waals surface area contributed by atoms with Crippen LogP contribution >= 0.6 is 11.6 Å². The van der Waals surface area contributed by atoms with Gasteiger partial charge in [0.15, 0.2) is 5.75 Å². The molecule has 0 aliphatic carbocycles. The van der Waals surface area contributed by atoms with Gasteiger partial charge in [-0.25, -0.2) is 4.98 Å². The summed E-state index contributed by atoms with van der Waals surface area (Å²) in [5.41, 5.74) is 1.05. The fraction of sp³-hybridized carbons (Fsp3) is 0.0714. The topological polar surface area (TPSA) is 65.3 Å². The van der Waals surface area contributed by atoms with Crippen LogP contribution in [-0.4, -0.2) is 17.0 Å². The van der Waals surface area contributed by atoms with Gasteiger partial charge in [0.2, 0.25) is 0 Å². The van der Waals surface area contributed by atoms with E-state index in [1.54, 1.807) is 6.07 Å². The summed E-state index contributed by atoms with van der Waals surface area (Å²) in [6, 6.07) is 10.3. The van der Waals surface area contributed by atoms with Gasteiger partial charge in [0, 0.05) is 16.8 Å². The van der Waals surface area contributed by atoms with Crippen LogP contribution in [-0.2, 0) is 0 Å². The Morgan fingerprint density at radius 2 is 1.95 bits per heavy atom. The Balaban J connectivity index is 2.46. The minimum Gasteiger partial charge on any atom is -0.490 e. The smallest absolute Gasteiger partial charge is 0.313 e. The molecule has 0 radical (unpaired) electrons. The Kier molecular flexibility index (Phi) is 2.91. The molecule has 0 spiro atoms. The zero-order chi connectivity index (χ0) is 14.3. The molecule has 3 rings (SSSR count). The molecule has 5 nitrogen and oxygen atoms in total. The Bertz CT molecular complexity index is 849. The minimum atomic E-state index is -0.497. The molecule has 0 aliphatic heterocycles. The molecular formula is C14H9ClN2O3. The zero-order valence-corrected chi connectivity index (χ0v) is 11.2. The quantitative estimate of drug-likeness (QED) is 0.407. The fourth-order valence-electron chi connectivity index (χ4n) is 2.16. The molecule has 1 heterocycles. The molecule has 1 aromatic heterocycles. The van der Waals surface area contributed by atoms with E-state index in [0.717, 1.165) is 5.39 Å². The van der Waals surface area contributed by atoms with E-state index >= 15 is 0 Å². The van der Waals surface area contributed by atoms with E-state index in [2.05, 4.69) is 4.98 Å². The van der Waals surface area contributed by atoms with Gasteiger partial charge in [0.25, 0.3) is 0 Å². The van der Waals surface area contributed by atoms with Gasteiger partial charge in [-0.2, -0.15) is 0 Å². The first-order valence-electron chi connectivity index (χ1n) is 5.82. The Labute approximate surface area is 118 Å². The minimum absolute atomic E-state index is 0.126. The number of hydrogen-bond donors (Lipinski definition) is 0. The molecule has 6 heteroatoms. The van der Waals surface area contributed by atoms with Crippen molar-refractivity contribution in [3.63, 3.8) is 0 Å². The maximum Gasteiger partial charge on any atom is 0.313 e. The summed E-state index contributed by atoms with van der Waals surface area (Å²) in [5.74, 6) is 0.168. The molecular weight excluding hydrogens is 280 g/mol. The second-order valence-corrected chi connectivity index (χ2v) is 4.62. The van der Waals surface area contributed by atoms with Gasteiger partial charge >= 0.3 is 5.69 Å². The third kappa shape index (κ3) is 1.83. The molecule has 0 bridgehead atoms. The maximum absolute atomic E-state index is 11.0. The van der Waals surface area contributed by atoms with Crippen molar-refractivity contribution in [2.45, 2.75) is 0 Å². The number of aromatic nitrogens is 1. The van der Waals surface area contributed by atoms with Crippen LogP contribution in [0.15, 0.2) is 36.4 Å². The predicted octanol–water partition coefficient (Wildman–Crippen LogP) is 3.96. The van der Waals surface area contributed by atoms with E-state index in [0.29, 0.717) is 21.4 Å². The van der Waals surface area contributed by atoms with E-state index < -0.39 is 4.92 Å². The maximum atomic E-state index is 11.0. The summed E-state index contributed by atoms with van der Waals surface area (Å²) >= 11 is 6.37. The van der Waals surface area contributed by atoms with Crippen LogP contribution < -0.4 is 4.74 Å². The molecule has 100 valence electrons.